The smallest absolute Gasteiger partial charge is 0.312 e. The highest BCUT2D eigenvalue weighted by molar-refractivity contribution is 7.14. The quantitative estimate of drug-likeness (QED) is 0.846. The number of aryl methyl sites for hydroxylation is 1. The van der Waals surface area contributed by atoms with Crippen LogP contribution in [0.5, 0.6) is 5.75 Å². The maximum atomic E-state index is 12.2. The molecule has 1 aliphatic heterocycles. The Labute approximate surface area is 151 Å². The molecule has 2 fully saturated rings. The van der Waals surface area contributed by atoms with Crippen molar-refractivity contribution < 1.29 is 14.6 Å². The first-order valence-corrected chi connectivity index (χ1v) is 9.59. The molecule has 2 unspecified atom stereocenters. The minimum atomic E-state index is -0.235. The topological polar surface area (TPSA) is 62.7 Å². The Morgan fingerprint density at radius 1 is 1.52 bits per heavy atom. The molecule has 6 heteroatoms. The van der Waals surface area contributed by atoms with Crippen LogP contribution in [-0.2, 0) is 9.53 Å². The van der Waals surface area contributed by atoms with Crippen LogP contribution in [0.4, 0.5) is 5.13 Å². The molecule has 1 aliphatic carbocycles. The second-order valence-corrected chi connectivity index (χ2v) is 7.85. The number of carbonyl (C=O) groups excluding carboxylic acids is 1. The van der Waals surface area contributed by atoms with Crippen molar-refractivity contribution in [1.82, 2.24) is 4.98 Å². The number of fused-ring (bicyclic) bond motifs is 1. The van der Waals surface area contributed by atoms with Crippen molar-refractivity contribution in [3.05, 3.63) is 29.1 Å². The molecule has 1 aromatic heterocycles. The van der Waals surface area contributed by atoms with Crippen molar-refractivity contribution in [2.24, 2.45) is 11.3 Å². The zero-order valence-electron chi connectivity index (χ0n) is 14.5. The van der Waals surface area contributed by atoms with Gasteiger partial charge in [0, 0.05) is 24.0 Å². The van der Waals surface area contributed by atoms with Gasteiger partial charge in [-0.2, -0.15) is 0 Å². The average molecular weight is 358 g/mol. The van der Waals surface area contributed by atoms with Crippen LogP contribution in [0, 0.1) is 18.3 Å². The molecule has 0 amide bonds. The fraction of sp³-hybridized carbons (Fsp3) is 0.474. The number of hydrogen-bond acceptors (Lipinski definition) is 6. The van der Waals surface area contributed by atoms with Gasteiger partial charge in [-0.25, -0.2) is 4.98 Å². The molecule has 2 atom stereocenters. The van der Waals surface area contributed by atoms with E-state index in [4.69, 9.17) is 9.72 Å². The number of esters is 1. The third-order valence-corrected chi connectivity index (χ3v) is 6.27. The van der Waals surface area contributed by atoms with E-state index in [-0.39, 0.29) is 17.1 Å². The number of carbonyl (C=O) groups is 1. The van der Waals surface area contributed by atoms with Crippen molar-refractivity contribution in [1.29, 1.82) is 0 Å². The van der Waals surface area contributed by atoms with Crippen LogP contribution >= 0.6 is 11.3 Å². The van der Waals surface area contributed by atoms with Crippen molar-refractivity contribution in [2.75, 3.05) is 24.6 Å². The lowest BCUT2D eigenvalue weighted by Gasteiger charge is -2.30. The van der Waals surface area contributed by atoms with Crippen molar-refractivity contribution in [3.63, 3.8) is 0 Å². The van der Waals surface area contributed by atoms with Gasteiger partial charge in [0.1, 0.15) is 5.75 Å². The fourth-order valence-electron chi connectivity index (χ4n) is 3.81. The first-order valence-electron chi connectivity index (χ1n) is 8.71. The summed E-state index contributed by atoms with van der Waals surface area (Å²) >= 11 is 1.59. The second kappa shape index (κ2) is 6.02. The third kappa shape index (κ3) is 2.78. The van der Waals surface area contributed by atoms with Crippen LogP contribution in [-0.4, -0.2) is 35.8 Å². The number of hydrogen-bond donors (Lipinski definition) is 1. The summed E-state index contributed by atoms with van der Waals surface area (Å²) in [4.78, 5) is 19.2. The van der Waals surface area contributed by atoms with E-state index in [9.17, 15) is 9.90 Å². The molecule has 2 aliphatic rings. The summed E-state index contributed by atoms with van der Waals surface area (Å²) in [6, 6.07) is 5.55. The predicted molar refractivity (Wildman–Crippen MR) is 98.0 cm³/mol. The molecule has 1 aromatic carbocycles. The number of nitrogens with zero attached hydrogens (tertiary/aromatic N) is 2. The highest BCUT2D eigenvalue weighted by Crippen LogP contribution is 2.59. The van der Waals surface area contributed by atoms with E-state index in [0.29, 0.717) is 12.5 Å². The Morgan fingerprint density at radius 2 is 2.36 bits per heavy atom. The van der Waals surface area contributed by atoms with Crippen molar-refractivity contribution in [3.8, 4) is 17.0 Å². The van der Waals surface area contributed by atoms with Crippen LogP contribution in [0.15, 0.2) is 23.6 Å². The van der Waals surface area contributed by atoms with Gasteiger partial charge in [0.05, 0.1) is 17.7 Å². The summed E-state index contributed by atoms with van der Waals surface area (Å²) in [5, 5.41) is 13.1. The molecule has 5 nitrogen and oxygen atoms in total. The number of anilines is 1. The fourth-order valence-corrected chi connectivity index (χ4v) is 4.67. The predicted octanol–water partition coefficient (Wildman–Crippen LogP) is 3.60. The Morgan fingerprint density at radius 3 is 3.12 bits per heavy atom. The van der Waals surface area contributed by atoms with Crippen molar-refractivity contribution >= 4 is 22.4 Å². The molecule has 1 N–H and O–H groups in total. The molecule has 1 saturated carbocycles. The van der Waals surface area contributed by atoms with Crippen molar-refractivity contribution in [2.45, 2.75) is 26.7 Å². The highest BCUT2D eigenvalue weighted by Gasteiger charge is 2.63. The largest absolute Gasteiger partial charge is 0.507 e. The number of rotatable bonds is 4. The van der Waals surface area contributed by atoms with Gasteiger partial charge >= 0.3 is 5.97 Å². The lowest BCUT2D eigenvalue weighted by Crippen LogP contribution is -2.38. The summed E-state index contributed by atoms with van der Waals surface area (Å²) in [7, 11) is 0. The second-order valence-electron chi connectivity index (χ2n) is 7.01. The minimum Gasteiger partial charge on any atom is -0.507 e. The van der Waals surface area contributed by atoms with Gasteiger partial charge in [0.25, 0.3) is 0 Å². The molecule has 1 saturated heterocycles. The van der Waals surface area contributed by atoms with Gasteiger partial charge in [-0.15, -0.1) is 11.3 Å². The number of phenols is 1. The van der Waals surface area contributed by atoms with E-state index >= 15 is 0 Å². The Kier molecular flexibility index (Phi) is 3.95. The first kappa shape index (κ1) is 16.4. The lowest BCUT2D eigenvalue weighted by atomic mass is 9.95. The number of aromatic hydroxyl groups is 1. The molecular weight excluding hydrogens is 336 g/mol. The third-order valence-electron chi connectivity index (χ3n) is 5.37. The van der Waals surface area contributed by atoms with Gasteiger partial charge in [0.2, 0.25) is 0 Å². The van der Waals surface area contributed by atoms with E-state index in [1.807, 2.05) is 31.4 Å². The Hall–Kier alpha value is -2.08. The van der Waals surface area contributed by atoms with Gasteiger partial charge in [-0.3, -0.25) is 4.79 Å². The number of piperidine rings is 1. The molecule has 0 spiro atoms. The van der Waals surface area contributed by atoms with E-state index in [1.165, 1.54) is 0 Å². The summed E-state index contributed by atoms with van der Waals surface area (Å²) in [5.74, 6) is 0.605. The molecule has 0 bridgehead atoms. The number of ether oxygens (including phenoxy) is 1. The van der Waals surface area contributed by atoms with E-state index in [1.54, 1.807) is 17.4 Å². The Bertz CT molecular complexity index is 819. The van der Waals surface area contributed by atoms with Crippen LogP contribution in [0.25, 0.3) is 11.3 Å². The number of aromatic nitrogens is 1. The maximum Gasteiger partial charge on any atom is 0.312 e. The van der Waals surface area contributed by atoms with Gasteiger partial charge in [-0.1, -0.05) is 11.6 Å². The summed E-state index contributed by atoms with van der Waals surface area (Å²) < 4.78 is 5.26. The minimum absolute atomic E-state index is 0.0239. The molecule has 4 rings (SSSR count). The van der Waals surface area contributed by atoms with Crippen LogP contribution in [0.1, 0.15) is 25.3 Å². The highest BCUT2D eigenvalue weighted by atomic mass is 32.1. The number of benzene rings is 1. The monoisotopic (exact) mass is 358 g/mol. The van der Waals surface area contributed by atoms with E-state index in [2.05, 4.69) is 4.90 Å². The molecule has 2 heterocycles. The summed E-state index contributed by atoms with van der Waals surface area (Å²) in [6.45, 7) is 5.99. The van der Waals surface area contributed by atoms with Gasteiger partial charge < -0.3 is 14.7 Å². The maximum absolute atomic E-state index is 12.2. The SMILES string of the molecule is CCOC(=O)C12CCN(c3nc(-c4cc(C)ccc4O)cs3)CC1C2. The van der Waals surface area contributed by atoms with E-state index in [0.717, 1.165) is 47.9 Å². The first-order chi connectivity index (χ1) is 12.0. The average Bonchev–Trinajstić information content (AvgIpc) is 3.15. The molecule has 0 radical (unpaired) electrons. The number of phenolic OH excluding ortho intramolecular Hbond substituents is 1. The van der Waals surface area contributed by atoms with Crippen LogP contribution in [0.3, 0.4) is 0 Å². The zero-order valence-corrected chi connectivity index (χ0v) is 15.3. The summed E-state index contributed by atoms with van der Waals surface area (Å²) in [6.07, 6.45) is 1.76. The molecule has 2 aromatic rings. The van der Waals surface area contributed by atoms with Crippen LogP contribution in [0.2, 0.25) is 0 Å². The summed E-state index contributed by atoms with van der Waals surface area (Å²) in [5.41, 5.74) is 2.44. The Balaban J connectivity index is 1.49. The standard InChI is InChI=1S/C19H22N2O3S/c1-3-24-17(23)19-6-7-21(10-13(19)9-19)18-20-15(11-25-18)14-8-12(2)4-5-16(14)22/h4-5,8,11,13,22H,3,6-7,9-10H2,1-2H3. The van der Waals surface area contributed by atoms with Crippen LogP contribution < -0.4 is 4.90 Å². The number of thiazole rings is 1. The van der Waals surface area contributed by atoms with Gasteiger partial charge in [-0.05, 0) is 44.7 Å². The molecule has 132 valence electrons. The van der Waals surface area contributed by atoms with Gasteiger partial charge in [0.15, 0.2) is 5.13 Å². The molecular formula is C19H22N2O3S. The lowest BCUT2D eigenvalue weighted by molar-refractivity contribution is -0.150. The zero-order chi connectivity index (χ0) is 17.6. The normalized spacial score (nSPS) is 24.7. The van der Waals surface area contributed by atoms with E-state index < -0.39 is 0 Å². The molecule has 25 heavy (non-hydrogen) atoms.